The second-order valence-corrected chi connectivity index (χ2v) is 5.53. The van der Waals surface area contributed by atoms with Crippen molar-refractivity contribution in [1.29, 1.82) is 0 Å². The standard InChI is InChI=1S/C16H24ClNO2/c1-19-15-6-8-16(9-7-15)20-12-11-18-10-4-2-3-5-14(18)13-17/h6-9,14H,2-5,10-13H2,1H3. The Hall–Kier alpha value is -0.930. The highest BCUT2D eigenvalue weighted by atomic mass is 35.5. The van der Waals surface area contributed by atoms with Gasteiger partial charge in [-0.2, -0.15) is 0 Å². The van der Waals surface area contributed by atoms with Gasteiger partial charge in [0, 0.05) is 18.5 Å². The zero-order valence-electron chi connectivity index (χ0n) is 12.2. The zero-order chi connectivity index (χ0) is 14.2. The van der Waals surface area contributed by atoms with Gasteiger partial charge >= 0.3 is 0 Å². The predicted molar refractivity (Wildman–Crippen MR) is 83.0 cm³/mol. The van der Waals surface area contributed by atoms with Crippen molar-refractivity contribution < 1.29 is 9.47 Å². The summed E-state index contributed by atoms with van der Waals surface area (Å²) in [7, 11) is 1.67. The summed E-state index contributed by atoms with van der Waals surface area (Å²) in [5, 5.41) is 0. The molecule has 1 aromatic carbocycles. The van der Waals surface area contributed by atoms with E-state index >= 15 is 0 Å². The van der Waals surface area contributed by atoms with Crippen LogP contribution < -0.4 is 9.47 Å². The van der Waals surface area contributed by atoms with E-state index in [9.17, 15) is 0 Å². The van der Waals surface area contributed by atoms with E-state index in [1.165, 1.54) is 25.7 Å². The van der Waals surface area contributed by atoms with Crippen LogP contribution in [0, 0.1) is 0 Å². The Labute approximate surface area is 126 Å². The first kappa shape index (κ1) is 15.5. The van der Waals surface area contributed by atoms with Gasteiger partial charge in [0.1, 0.15) is 18.1 Å². The number of halogens is 1. The Morgan fingerprint density at radius 1 is 1.15 bits per heavy atom. The first-order valence-corrected chi connectivity index (χ1v) is 7.94. The molecule has 1 aliphatic rings. The monoisotopic (exact) mass is 297 g/mol. The second kappa shape index (κ2) is 8.38. The third-order valence-corrected chi connectivity index (χ3v) is 4.24. The molecule has 1 unspecified atom stereocenters. The highest BCUT2D eigenvalue weighted by Gasteiger charge is 2.19. The second-order valence-electron chi connectivity index (χ2n) is 5.22. The molecule has 1 atom stereocenters. The Kier molecular flexibility index (Phi) is 6.48. The lowest BCUT2D eigenvalue weighted by Crippen LogP contribution is -2.38. The van der Waals surface area contributed by atoms with Crippen LogP contribution in [0.5, 0.6) is 11.5 Å². The Balaban J connectivity index is 1.78. The van der Waals surface area contributed by atoms with E-state index in [0.29, 0.717) is 12.6 Å². The summed E-state index contributed by atoms with van der Waals surface area (Å²) in [6.07, 6.45) is 5.11. The van der Waals surface area contributed by atoms with Gasteiger partial charge in [-0.25, -0.2) is 0 Å². The third-order valence-electron chi connectivity index (χ3n) is 3.88. The molecule has 1 aliphatic heterocycles. The number of alkyl halides is 1. The number of hydrogen-bond donors (Lipinski definition) is 0. The third kappa shape index (κ3) is 4.57. The van der Waals surface area contributed by atoms with Gasteiger partial charge in [-0.1, -0.05) is 12.8 Å². The maximum Gasteiger partial charge on any atom is 0.119 e. The quantitative estimate of drug-likeness (QED) is 0.750. The average Bonchev–Trinajstić information content (AvgIpc) is 2.73. The van der Waals surface area contributed by atoms with Crippen molar-refractivity contribution in [2.24, 2.45) is 0 Å². The first-order valence-electron chi connectivity index (χ1n) is 7.40. The van der Waals surface area contributed by atoms with E-state index in [4.69, 9.17) is 21.1 Å². The van der Waals surface area contributed by atoms with Gasteiger partial charge in [0.2, 0.25) is 0 Å². The van der Waals surface area contributed by atoms with Crippen LogP contribution in [0.2, 0.25) is 0 Å². The average molecular weight is 298 g/mol. The smallest absolute Gasteiger partial charge is 0.119 e. The van der Waals surface area contributed by atoms with E-state index in [0.717, 1.165) is 30.5 Å². The summed E-state index contributed by atoms with van der Waals surface area (Å²) in [5.74, 6) is 2.47. The molecular formula is C16H24ClNO2. The van der Waals surface area contributed by atoms with E-state index in [1.807, 2.05) is 24.3 Å². The topological polar surface area (TPSA) is 21.7 Å². The van der Waals surface area contributed by atoms with Crippen LogP contribution in [0.1, 0.15) is 25.7 Å². The van der Waals surface area contributed by atoms with E-state index < -0.39 is 0 Å². The summed E-state index contributed by atoms with van der Waals surface area (Å²) in [5.41, 5.74) is 0. The summed E-state index contributed by atoms with van der Waals surface area (Å²) >= 11 is 6.08. The van der Waals surface area contributed by atoms with Crippen molar-refractivity contribution in [2.45, 2.75) is 31.7 Å². The van der Waals surface area contributed by atoms with Crippen LogP contribution in [0.4, 0.5) is 0 Å². The molecule has 0 saturated carbocycles. The fourth-order valence-corrected chi connectivity index (χ4v) is 3.01. The fraction of sp³-hybridized carbons (Fsp3) is 0.625. The molecule has 1 fully saturated rings. The number of likely N-dealkylation sites (tertiary alicyclic amines) is 1. The molecule has 0 amide bonds. The molecule has 0 aromatic heterocycles. The number of ether oxygens (including phenoxy) is 2. The first-order chi connectivity index (χ1) is 9.83. The Morgan fingerprint density at radius 2 is 1.90 bits per heavy atom. The fourth-order valence-electron chi connectivity index (χ4n) is 2.66. The lowest BCUT2D eigenvalue weighted by atomic mass is 10.1. The highest BCUT2D eigenvalue weighted by molar-refractivity contribution is 6.18. The number of hydrogen-bond acceptors (Lipinski definition) is 3. The van der Waals surface area contributed by atoms with Crippen molar-refractivity contribution in [3.63, 3.8) is 0 Å². The molecule has 1 saturated heterocycles. The van der Waals surface area contributed by atoms with E-state index in [-0.39, 0.29) is 0 Å². The van der Waals surface area contributed by atoms with Crippen molar-refractivity contribution >= 4 is 11.6 Å². The molecule has 0 bridgehead atoms. The summed E-state index contributed by atoms with van der Waals surface area (Å²) in [6, 6.07) is 8.24. The van der Waals surface area contributed by atoms with Gasteiger partial charge in [0.15, 0.2) is 0 Å². The largest absolute Gasteiger partial charge is 0.497 e. The number of rotatable bonds is 6. The van der Waals surface area contributed by atoms with Crippen molar-refractivity contribution in [3.8, 4) is 11.5 Å². The maximum absolute atomic E-state index is 6.08. The van der Waals surface area contributed by atoms with Crippen LogP contribution in [-0.2, 0) is 0 Å². The van der Waals surface area contributed by atoms with Gasteiger partial charge in [-0.05, 0) is 43.7 Å². The molecule has 20 heavy (non-hydrogen) atoms. The number of nitrogens with zero attached hydrogens (tertiary/aromatic N) is 1. The molecule has 0 N–H and O–H groups in total. The van der Waals surface area contributed by atoms with Gasteiger partial charge in [-0.15, -0.1) is 11.6 Å². The Bertz CT molecular complexity index is 383. The van der Waals surface area contributed by atoms with Crippen LogP contribution >= 0.6 is 11.6 Å². The van der Waals surface area contributed by atoms with Gasteiger partial charge in [0.05, 0.1) is 7.11 Å². The van der Waals surface area contributed by atoms with Gasteiger partial charge in [-0.3, -0.25) is 4.90 Å². The minimum absolute atomic E-state index is 0.513. The molecule has 1 aromatic rings. The SMILES string of the molecule is COc1ccc(OCCN2CCCCCC2CCl)cc1. The molecule has 4 heteroatoms. The van der Waals surface area contributed by atoms with E-state index in [1.54, 1.807) is 7.11 Å². The predicted octanol–water partition coefficient (Wildman–Crippen LogP) is 3.56. The van der Waals surface area contributed by atoms with Crippen molar-refractivity contribution in [3.05, 3.63) is 24.3 Å². The lowest BCUT2D eigenvalue weighted by Gasteiger charge is -2.28. The van der Waals surface area contributed by atoms with E-state index in [2.05, 4.69) is 4.90 Å². The molecule has 0 radical (unpaired) electrons. The van der Waals surface area contributed by atoms with Crippen molar-refractivity contribution in [2.75, 3.05) is 32.7 Å². The minimum atomic E-state index is 0.513. The zero-order valence-corrected chi connectivity index (χ0v) is 12.9. The van der Waals surface area contributed by atoms with Crippen LogP contribution in [0.15, 0.2) is 24.3 Å². The summed E-state index contributed by atoms with van der Waals surface area (Å²) < 4.78 is 10.9. The van der Waals surface area contributed by atoms with Gasteiger partial charge < -0.3 is 9.47 Å². The molecule has 0 aliphatic carbocycles. The van der Waals surface area contributed by atoms with Crippen LogP contribution in [-0.4, -0.2) is 43.6 Å². The minimum Gasteiger partial charge on any atom is -0.497 e. The molecule has 0 spiro atoms. The highest BCUT2D eigenvalue weighted by Crippen LogP contribution is 2.19. The number of methoxy groups -OCH3 is 1. The normalized spacial score (nSPS) is 20.4. The summed E-state index contributed by atoms with van der Waals surface area (Å²) in [4.78, 5) is 2.48. The Morgan fingerprint density at radius 3 is 2.60 bits per heavy atom. The number of benzene rings is 1. The van der Waals surface area contributed by atoms with Gasteiger partial charge in [0.25, 0.3) is 0 Å². The summed E-state index contributed by atoms with van der Waals surface area (Å²) in [6.45, 7) is 2.80. The van der Waals surface area contributed by atoms with Crippen molar-refractivity contribution in [1.82, 2.24) is 4.90 Å². The molecule has 3 nitrogen and oxygen atoms in total. The molecule has 112 valence electrons. The van der Waals surface area contributed by atoms with Crippen LogP contribution in [0.25, 0.3) is 0 Å². The lowest BCUT2D eigenvalue weighted by molar-refractivity contribution is 0.172. The molecule has 2 rings (SSSR count). The molecule has 1 heterocycles. The molecular weight excluding hydrogens is 274 g/mol. The van der Waals surface area contributed by atoms with Crippen LogP contribution in [0.3, 0.4) is 0 Å². The maximum atomic E-state index is 6.08.